The van der Waals surface area contributed by atoms with Crippen LogP contribution in [0.3, 0.4) is 0 Å². The topological polar surface area (TPSA) is 61.4 Å². The molecule has 0 saturated carbocycles. The Morgan fingerprint density at radius 1 is 1.03 bits per heavy atom. The average Bonchev–Trinajstić information content (AvgIpc) is 2.74. The first kappa shape index (κ1) is 21.7. The molecule has 1 aliphatic heterocycles. The summed E-state index contributed by atoms with van der Waals surface area (Å²) in [5.74, 6) is 0.950. The first-order chi connectivity index (χ1) is 14.7. The Bertz CT molecular complexity index is 1100. The molecule has 0 unspecified atom stereocenters. The Hall–Kier alpha value is -2.51. The van der Waals surface area contributed by atoms with E-state index in [1.165, 1.54) is 0 Å². The quantitative estimate of drug-likeness (QED) is 0.512. The van der Waals surface area contributed by atoms with Gasteiger partial charge in [-0.05, 0) is 58.0 Å². The summed E-state index contributed by atoms with van der Waals surface area (Å²) in [6.45, 7) is 12.3. The van der Waals surface area contributed by atoms with Gasteiger partial charge >= 0.3 is 0 Å². The van der Waals surface area contributed by atoms with Gasteiger partial charge in [-0.1, -0.05) is 15.9 Å². The Morgan fingerprint density at radius 3 is 2.39 bits per heavy atom. The second kappa shape index (κ2) is 8.55. The molecule has 0 radical (unpaired) electrons. The van der Waals surface area contributed by atoms with Gasteiger partial charge in [-0.2, -0.15) is 0 Å². The third-order valence-corrected chi connectivity index (χ3v) is 6.27. The largest absolute Gasteiger partial charge is 0.354 e. The number of nitrogens with zero attached hydrogens (tertiary/aromatic N) is 4. The zero-order valence-electron chi connectivity index (χ0n) is 18.4. The third-order valence-electron chi connectivity index (χ3n) is 5.78. The van der Waals surface area contributed by atoms with E-state index in [0.29, 0.717) is 5.56 Å². The number of anilines is 3. The van der Waals surface area contributed by atoms with Crippen LogP contribution in [-0.2, 0) is 0 Å². The van der Waals surface area contributed by atoms with Crippen molar-refractivity contribution in [3.63, 3.8) is 0 Å². The monoisotopic (exact) mass is 481 g/mol. The van der Waals surface area contributed by atoms with Crippen LogP contribution in [0.2, 0.25) is 0 Å². The van der Waals surface area contributed by atoms with Crippen LogP contribution < -0.4 is 10.2 Å². The van der Waals surface area contributed by atoms with Crippen molar-refractivity contribution in [1.29, 1.82) is 0 Å². The molecule has 162 valence electrons. The van der Waals surface area contributed by atoms with Gasteiger partial charge in [0.15, 0.2) is 5.78 Å². The number of carbonyl (C=O) groups is 1. The fourth-order valence-corrected chi connectivity index (χ4v) is 4.33. The van der Waals surface area contributed by atoms with Gasteiger partial charge in [-0.15, -0.1) is 0 Å². The summed E-state index contributed by atoms with van der Waals surface area (Å²) >= 11 is 3.52. The molecule has 0 atom stereocenters. The molecule has 2 aromatic heterocycles. The maximum absolute atomic E-state index is 12.2. The number of piperazine rings is 1. The number of Topliss-reactive ketones (excluding diaryl/α,β-unsaturated/α-hetero) is 1. The summed E-state index contributed by atoms with van der Waals surface area (Å²) in [6, 6.07) is 9.93. The second-order valence-electron chi connectivity index (χ2n) is 8.94. The number of aromatic nitrogens is 2. The van der Waals surface area contributed by atoms with Gasteiger partial charge in [0.1, 0.15) is 5.82 Å². The lowest BCUT2D eigenvalue weighted by molar-refractivity contribution is 0.101. The molecule has 1 saturated heterocycles. The minimum atomic E-state index is -0.0295. The fourth-order valence-electron chi connectivity index (χ4n) is 3.96. The molecule has 0 spiro atoms. The number of halogens is 1. The second-order valence-corrected chi connectivity index (χ2v) is 9.86. The summed E-state index contributed by atoms with van der Waals surface area (Å²) in [5, 5.41) is 4.30. The summed E-state index contributed by atoms with van der Waals surface area (Å²) in [7, 11) is 0. The van der Waals surface area contributed by atoms with Crippen LogP contribution in [0.25, 0.3) is 10.9 Å². The van der Waals surface area contributed by atoms with Gasteiger partial charge in [-0.25, -0.2) is 4.98 Å². The Kier molecular flexibility index (Phi) is 5.99. The Morgan fingerprint density at radius 2 is 1.77 bits per heavy atom. The van der Waals surface area contributed by atoms with E-state index in [0.717, 1.165) is 58.7 Å². The van der Waals surface area contributed by atoms with E-state index in [9.17, 15) is 4.79 Å². The van der Waals surface area contributed by atoms with E-state index in [-0.39, 0.29) is 11.3 Å². The number of carbonyl (C=O) groups excluding carboxylic acids is 1. The summed E-state index contributed by atoms with van der Waals surface area (Å²) in [6.07, 6.45) is 3.47. The van der Waals surface area contributed by atoms with Crippen molar-refractivity contribution in [3.8, 4) is 0 Å². The first-order valence-electron chi connectivity index (χ1n) is 10.5. The van der Waals surface area contributed by atoms with Crippen LogP contribution in [0.15, 0.2) is 47.2 Å². The van der Waals surface area contributed by atoms with Crippen molar-refractivity contribution < 1.29 is 4.79 Å². The molecule has 1 aromatic carbocycles. The average molecular weight is 482 g/mol. The van der Waals surface area contributed by atoms with Gasteiger partial charge < -0.3 is 10.2 Å². The molecule has 1 N–H and O–H groups in total. The van der Waals surface area contributed by atoms with E-state index in [1.807, 2.05) is 36.5 Å². The molecule has 31 heavy (non-hydrogen) atoms. The normalized spacial score (nSPS) is 15.3. The molecule has 1 fully saturated rings. The summed E-state index contributed by atoms with van der Waals surface area (Å²) < 4.78 is 0.938. The van der Waals surface area contributed by atoms with Crippen LogP contribution in [-0.4, -0.2) is 52.4 Å². The third kappa shape index (κ3) is 4.72. The molecule has 3 aromatic rings. The molecule has 7 heteroatoms. The molecule has 4 rings (SSSR count). The number of benzene rings is 1. The SMILES string of the molecule is CC(=O)c1cnc2ccc(Br)cc2c1Nc1ccc(N2CCN(C(C)(C)C)CC2)nc1. The maximum Gasteiger partial charge on any atom is 0.163 e. The number of nitrogens with one attached hydrogen (secondary N) is 1. The highest BCUT2D eigenvalue weighted by molar-refractivity contribution is 9.10. The number of ketones is 1. The van der Waals surface area contributed by atoms with Crippen molar-refractivity contribution in [2.75, 3.05) is 36.4 Å². The minimum Gasteiger partial charge on any atom is -0.354 e. The smallest absolute Gasteiger partial charge is 0.163 e. The van der Waals surface area contributed by atoms with Gasteiger partial charge in [-0.3, -0.25) is 14.7 Å². The zero-order chi connectivity index (χ0) is 22.2. The predicted molar refractivity (Wildman–Crippen MR) is 131 cm³/mol. The molecule has 6 nitrogen and oxygen atoms in total. The van der Waals surface area contributed by atoms with Crippen molar-refractivity contribution in [1.82, 2.24) is 14.9 Å². The van der Waals surface area contributed by atoms with Gasteiger partial charge in [0, 0.05) is 47.8 Å². The van der Waals surface area contributed by atoms with Gasteiger partial charge in [0.2, 0.25) is 0 Å². The standard InChI is InChI=1S/C24H28BrN5O/c1-16(31)20-15-26-21-7-5-17(25)13-19(21)23(20)28-18-6-8-22(27-14-18)29-9-11-30(12-10-29)24(2,3)4/h5-8,13-15H,9-12H2,1-4H3,(H,26,28). The van der Waals surface area contributed by atoms with Crippen molar-refractivity contribution >= 4 is 49.8 Å². The molecule has 0 amide bonds. The lowest BCUT2D eigenvalue weighted by Gasteiger charge is -2.42. The van der Waals surface area contributed by atoms with Crippen molar-refractivity contribution in [2.24, 2.45) is 0 Å². The highest BCUT2D eigenvalue weighted by atomic mass is 79.9. The van der Waals surface area contributed by atoms with Crippen LogP contribution in [0.1, 0.15) is 38.1 Å². The van der Waals surface area contributed by atoms with Crippen molar-refractivity contribution in [2.45, 2.75) is 33.2 Å². The highest BCUT2D eigenvalue weighted by Crippen LogP contribution is 2.31. The fraction of sp³-hybridized carbons (Fsp3) is 0.375. The van der Waals surface area contributed by atoms with E-state index in [4.69, 9.17) is 4.98 Å². The Balaban J connectivity index is 1.56. The lowest BCUT2D eigenvalue weighted by Crippen LogP contribution is -2.53. The molecule has 0 aliphatic carbocycles. The van der Waals surface area contributed by atoms with Crippen LogP contribution >= 0.6 is 15.9 Å². The van der Waals surface area contributed by atoms with E-state index < -0.39 is 0 Å². The number of fused-ring (bicyclic) bond motifs is 1. The summed E-state index contributed by atoms with van der Waals surface area (Å²) in [4.78, 5) is 26.2. The lowest BCUT2D eigenvalue weighted by atomic mass is 10.0. The predicted octanol–water partition coefficient (Wildman–Crippen LogP) is 5.26. The minimum absolute atomic E-state index is 0.0295. The molecule has 0 bridgehead atoms. The molecular formula is C24H28BrN5O. The molecule has 3 heterocycles. The van der Waals surface area contributed by atoms with Crippen LogP contribution in [0.4, 0.5) is 17.2 Å². The summed E-state index contributed by atoms with van der Waals surface area (Å²) in [5.41, 5.74) is 3.19. The van der Waals surface area contributed by atoms with E-state index >= 15 is 0 Å². The maximum atomic E-state index is 12.2. The Labute approximate surface area is 191 Å². The molecule has 1 aliphatic rings. The molecular weight excluding hydrogens is 454 g/mol. The van der Waals surface area contributed by atoms with Crippen LogP contribution in [0, 0.1) is 0 Å². The van der Waals surface area contributed by atoms with Crippen LogP contribution in [0.5, 0.6) is 0 Å². The van der Waals surface area contributed by atoms with Gasteiger partial charge in [0.05, 0.1) is 28.7 Å². The number of hydrogen-bond donors (Lipinski definition) is 1. The van der Waals surface area contributed by atoms with Crippen molar-refractivity contribution in [3.05, 3.63) is 52.8 Å². The number of rotatable bonds is 4. The number of hydrogen-bond acceptors (Lipinski definition) is 6. The van der Waals surface area contributed by atoms with E-state index in [2.05, 4.69) is 56.8 Å². The van der Waals surface area contributed by atoms with Gasteiger partial charge in [0.25, 0.3) is 0 Å². The number of pyridine rings is 2. The highest BCUT2D eigenvalue weighted by Gasteiger charge is 2.26. The first-order valence-corrected chi connectivity index (χ1v) is 11.3. The zero-order valence-corrected chi connectivity index (χ0v) is 20.0. The van der Waals surface area contributed by atoms with E-state index in [1.54, 1.807) is 13.1 Å².